The molecule has 7 nitrogen and oxygen atoms in total. The topological polar surface area (TPSA) is 102 Å². The van der Waals surface area contributed by atoms with E-state index in [1.807, 2.05) is 0 Å². The number of nitrogens with one attached hydrogen (secondary N) is 1. The molecular formula is C7H15NO6S. The number of carbonyl (C=O) groups is 1. The zero-order chi connectivity index (χ0) is 12.1. The number of carbonyl (C=O) groups excluding carboxylic acids is 1. The normalized spacial score (nSPS) is 12.3. The Kier molecular flexibility index (Phi) is 4.98. The van der Waals surface area contributed by atoms with Gasteiger partial charge in [-0.05, 0) is 20.8 Å². The van der Waals surface area contributed by atoms with Gasteiger partial charge in [0.2, 0.25) is 0 Å². The second kappa shape index (κ2) is 5.29. The van der Waals surface area contributed by atoms with E-state index in [0.717, 1.165) is 0 Å². The number of alkyl carbamates (subject to hydrolysis) is 1. The molecule has 0 aromatic rings. The molecule has 0 aromatic heterocycles. The van der Waals surface area contributed by atoms with Gasteiger partial charge in [-0.3, -0.25) is 4.55 Å². The van der Waals surface area contributed by atoms with Crippen LogP contribution in [0.5, 0.6) is 0 Å². The van der Waals surface area contributed by atoms with Crippen molar-refractivity contribution in [1.82, 2.24) is 5.32 Å². The predicted octanol–water partition coefficient (Wildman–Crippen LogP) is 0.331. The van der Waals surface area contributed by atoms with Gasteiger partial charge in [-0.2, -0.15) is 8.42 Å². The largest absolute Gasteiger partial charge is 0.444 e. The first-order chi connectivity index (χ1) is 6.60. The molecular weight excluding hydrogens is 226 g/mol. The van der Waals surface area contributed by atoms with E-state index in [-0.39, 0.29) is 13.2 Å². The molecule has 90 valence electrons. The monoisotopic (exact) mass is 241 g/mol. The highest BCUT2D eigenvalue weighted by atomic mass is 32.3. The van der Waals surface area contributed by atoms with Crippen molar-refractivity contribution >= 4 is 16.5 Å². The molecule has 0 atom stereocenters. The van der Waals surface area contributed by atoms with Gasteiger partial charge >= 0.3 is 16.5 Å². The standard InChI is InChI=1S/C7H15NO6S/c1-7(2,3)14-6(9)8-4-5-13-15(10,11)12/h4-5H2,1-3H3,(H,8,9)(H,10,11,12). The Labute approximate surface area is 88.7 Å². The van der Waals surface area contributed by atoms with Gasteiger partial charge in [-0.1, -0.05) is 0 Å². The molecule has 0 bridgehead atoms. The Morgan fingerprint density at radius 3 is 2.33 bits per heavy atom. The van der Waals surface area contributed by atoms with E-state index in [1.54, 1.807) is 20.8 Å². The number of hydrogen-bond donors (Lipinski definition) is 2. The molecule has 0 aliphatic rings. The summed E-state index contributed by atoms with van der Waals surface area (Å²) in [5, 5.41) is 2.25. The third-order valence-corrected chi connectivity index (χ3v) is 1.47. The van der Waals surface area contributed by atoms with Gasteiger partial charge < -0.3 is 10.1 Å². The average molecular weight is 241 g/mol. The molecule has 0 spiro atoms. The van der Waals surface area contributed by atoms with E-state index in [0.29, 0.717) is 0 Å². The molecule has 0 saturated carbocycles. The summed E-state index contributed by atoms with van der Waals surface area (Å²) in [6, 6.07) is 0. The first kappa shape index (κ1) is 14.1. The van der Waals surface area contributed by atoms with Gasteiger partial charge in [0.25, 0.3) is 0 Å². The summed E-state index contributed by atoms with van der Waals surface area (Å²) in [5.41, 5.74) is -0.617. The summed E-state index contributed by atoms with van der Waals surface area (Å²) in [6.45, 7) is 4.66. The van der Waals surface area contributed by atoms with Crippen LogP contribution in [0.2, 0.25) is 0 Å². The molecule has 0 heterocycles. The van der Waals surface area contributed by atoms with Gasteiger partial charge in [0.15, 0.2) is 0 Å². The Morgan fingerprint density at radius 1 is 1.40 bits per heavy atom. The fourth-order valence-electron chi connectivity index (χ4n) is 0.614. The molecule has 0 aliphatic heterocycles. The zero-order valence-corrected chi connectivity index (χ0v) is 9.63. The van der Waals surface area contributed by atoms with Crippen LogP contribution in [0.3, 0.4) is 0 Å². The van der Waals surface area contributed by atoms with Gasteiger partial charge in [-0.25, -0.2) is 8.98 Å². The van der Waals surface area contributed by atoms with Crippen molar-refractivity contribution in [2.45, 2.75) is 26.4 Å². The fraction of sp³-hybridized carbons (Fsp3) is 0.857. The summed E-state index contributed by atoms with van der Waals surface area (Å²) < 4.78 is 37.2. The summed E-state index contributed by atoms with van der Waals surface area (Å²) >= 11 is 0. The lowest BCUT2D eigenvalue weighted by atomic mass is 10.2. The molecule has 0 unspecified atom stereocenters. The summed E-state index contributed by atoms with van der Waals surface area (Å²) in [6.07, 6.45) is -0.679. The lowest BCUT2D eigenvalue weighted by Gasteiger charge is -2.19. The van der Waals surface area contributed by atoms with E-state index < -0.39 is 22.1 Å². The highest BCUT2D eigenvalue weighted by molar-refractivity contribution is 7.80. The van der Waals surface area contributed by atoms with Gasteiger partial charge in [-0.15, -0.1) is 0 Å². The first-order valence-electron chi connectivity index (χ1n) is 4.19. The SMILES string of the molecule is CC(C)(C)OC(=O)NCCOS(=O)(=O)O. The van der Waals surface area contributed by atoms with E-state index in [1.165, 1.54) is 0 Å². The van der Waals surface area contributed by atoms with E-state index in [9.17, 15) is 13.2 Å². The van der Waals surface area contributed by atoms with Crippen molar-refractivity contribution in [3.63, 3.8) is 0 Å². The van der Waals surface area contributed by atoms with E-state index in [4.69, 9.17) is 9.29 Å². The maximum atomic E-state index is 11.0. The number of ether oxygens (including phenoxy) is 1. The summed E-state index contributed by atoms with van der Waals surface area (Å²) in [5.74, 6) is 0. The average Bonchev–Trinajstić information content (AvgIpc) is 1.92. The number of rotatable bonds is 4. The van der Waals surface area contributed by atoms with Crippen LogP contribution in [0.15, 0.2) is 0 Å². The van der Waals surface area contributed by atoms with Crippen LogP contribution >= 0.6 is 0 Å². The van der Waals surface area contributed by atoms with Crippen LogP contribution in [0.1, 0.15) is 20.8 Å². The third kappa shape index (κ3) is 11.1. The van der Waals surface area contributed by atoms with Gasteiger partial charge in [0.05, 0.1) is 6.61 Å². The maximum absolute atomic E-state index is 11.0. The van der Waals surface area contributed by atoms with Crippen LogP contribution in [0.4, 0.5) is 4.79 Å². The van der Waals surface area contributed by atoms with Crippen LogP contribution in [-0.2, 0) is 19.3 Å². The fourth-order valence-corrected chi connectivity index (χ4v) is 0.908. The quantitative estimate of drug-likeness (QED) is 0.543. The van der Waals surface area contributed by atoms with Crippen LogP contribution in [0, 0.1) is 0 Å². The first-order valence-corrected chi connectivity index (χ1v) is 5.55. The van der Waals surface area contributed by atoms with E-state index >= 15 is 0 Å². The molecule has 1 amide bonds. The Balaban J connectivity index is 3.66. The molecule has 8 heteroatoms. The van der Waals surface area contributed by atoms with Crippen molar-refractivity contribution in [3.8, 4) is 0 Å². The lowest BCUT2D eigenvalue weighted by molar-refractivity contribution is 0.0519. The van der Waals surface area contributed by atoms with Crippen LogP contribution in [-0.4, -0.2) is 37.8 Å². The summed E-state index contributed by atoms with van der Waals surface area (Å²) in [4.78, 5) is 11.0. The summed E-state index contributed by atoms with van der Waals surface area (Å²) in [7, 11) is -4.45. The van der Waals surface area contributed by atoms with Crippen molar-refractivity contribution in [2.24, 2.45) is 0 Å². The Morgan fingerprint density at radius 2 is 1.93 bits per heavy atom. The molecule has 0 aliphatic carbocycles. The molecule has 0 saturated heterocycles. The molecule has 2 N–H and O–H groups in total. The second-order valence-corrected chi connectivity index (χ2v) is 4.77. The third-order valence-electron chi connectivity index (χ3n) is 1.00. The van der Waals surface area contributed by atoms with Gasteiger partial charge in [0.1, 0.15) is 5.60 Å². The minimum Gasteiger partial charge on any atom is -0.444 e. The van der Waals surface area contributed by atoms with Crippen LogP contribution < -0.4 is 5.32 Å². The molecule has 0 fully saturated rings. The number of amides is 1. The van der Waals surface area contributed by atoms with Crippen LogP contribution in [0.25, 0.3) is 0 Å². The van der Waals surface area contributed by atoms with E-state index in [2.05, 4.69) is 9.50 Å². The smallest absolute Gasteiger partial charge is 0.407 e. The van der Waals surface area contributed by atoms with Crippen molar-refractivity contribution in [3.05, 3.63) is 0 Å². The molecule has 0 aromatic carbocycles. The Bertz CT molecular complexity index is 304. The minimum atomic E-state index is -4.45. The van der Waals surface area contributed by atoms with Crippen molar-refractivity contribution < 1.29 is 26.7 Å². The Hall–Kier alpha value is -0.860. The number of hydrogen-bond acceptors (Lipinski definition) is 5. The minimum absolute atomic E-state index is 0.0747. The second-order valence-electron chi connectivity index (χ2n) is 3.68. The highest BCUT2D eigenvalue weighted by Gasteiger charge is 2.15. The molecule has 15 heavy (non-hydrogen) atoms. The molecule has 0 rings (SSSR count). The van der Waals surface area contributed by atoms with Gasteiger partial charge in [0, 0.05) is 6.54 Å². The maximum Gasteiger partial charge on any atom is 0.407 e. The predicted molar refractivity (Wildman–Crippen MR) is 51.7 cm³/mol. The van der Waals surface area contributed by atoms with Crippen molar-refractivity contribution in [2.75, 3.05) is 13.2 Å². The molecule has 0 radical (unpaired) electrons. The van der Waals surface area contributed by atoms with Crippen molar-refractivity contribution in [1.29, 1.82) is 0 Å². The zero-order valence-electron chi connectivity index (χ0n) is 8.81. The lowest BCUT2D eigenvalue weighted by Crippen LogP contribution is -2.34. The highest BCUT2D eigenvalue weighted by Crippen LogP contribution is 2.05.